The Bertz CT molecular complexity index is 1530. The van der Waals surface area contributed by atoms with Crippen LogP contribution in [0.2, 0.25) is 0 Å². The molecule has 1 aliphatic rings. The normalized spacial score (nSPS) is 14.9. The van der Waals surface area contributed by atoms with Crippen molar-refractivity contribution in [1.29, 1.82) is 0 Å². The third-order valence-corrected chi connectivity index (χ3v) is 7.01. The summed E-state index contributed by atoms with van der Waals surface area (Å²) < 4.78 is 16.7. The van der Waals surface area contributed by atoms with Crippen molar-refractivity contribution in [3.63, 3.8) is 0 Å². The number of hydrazone groups is 1. The van der Waals surface area contributed by atoms with Gasteiger partial charge in [-0.15, -0.1) is 0 Å². The Morgan fingerprint density at radius 2 is 1.55 bits per heavy atom. The van der Waals surface area contributed by atoms with Crippen LogP contribution in [0.1, 0.15) is 41.8 Å². The maximum absolute atomic E-state index is 12.8. The summed E-state index contributed by atoms with van der Waals surface area (Å²) in [5.74, 6) is 1.41. The lowest BCUT2D eigenvalue weighted by molar-refractivity contribution is -0.130. The number of benzene rings is 3. The number of carbonyl (C=O) groups excluding carboxylic acids is 1. The van der Waals surface area contributed by atoms with Crippen LogP contribution in [-0.4, -0.2) is 42.9 Å². The fourth-order valence-electron chi connectivity index (χ4n) is 5.21. The first-order valence-electron chi connectivity index (χ1n) is 12.5. The minimum Gasteiger partial charge on any atom is -0.493 e. The quantitative estimate of drug-likeness (QED) is 0.308. The lowest BCUT2D eigenvalue weighted by Gasteiger charge is -2.22. The summed E-state index contributed by atoms with van der Waals surface area (Å²) in [4.78, 5) is 17.8. The van der Waals surface area contributed by atoms with E-state index in [2.05, 4.69) is 37.3 Å². The van der Waals surface area contributed by atoms with Gasteiger partial charge in [-0.05, 0) is 43.2 Å². The number of carbonyl (C=O) groups is 1. The van der Waals surface area contributed by atoms with E-state index in [1.54, 1.807) is 26.3 Å². The molecule has 0 bridgehead atoms. The van der Waals surface area contributed by atoms with Gasteiger partial charge in [0, 0.05) is 35.6 Å². The Morgan fingerprint density at radius 3 is 2.16 bits per heavy atom. The third kappa shape index (κ3) is 4.34. The minimum absolute atomic E-state index is 0.151. The zero-order valence-corrected chi connectivity index (χ0v) is 22.5. The second-order valence-electron chi connectivity index (χ2n) is 9.42. The van der Waals surface area contributed by atoms with Crippen LogP contribution in [0.4, 0.5) is 0 Å². The van der Waals surface area contributed by atoms with Gasteiger partial charge in [0.15, 0.2) is 11.5 Å². The summed E-state index contributed by atoms with van der Waals surface area (Å²) in [6, 6.07) is 20.1. The smallest absolute Gasteiger partial charge is 0.240 e. The van der Waals surface area contributed by atoms with Crippen molar-refractivity contribution < 1.29 is 19.0 Å². The first-order valence-corrected chi connectivity index (χ1v) is 12.5. The number of rotatable bonds is 6. The third-order valence-electron chi connectivity index (χ3n) is 7.01. The van der Waals surface area contributed by atoms with E-state index in [4.69, 9.17) is 24.3 Å². The van der Waals surface area contributed by atoms with Gasteiger partial charge in [0.2, 0.25) is 11.7 Å². The highest BCUT2D eigenvalue weighted by Crippen LogP contribution is 2.44. The zero-order valence-electron chi connectivity index (χ0n) is 22.5. The van der Waals surface area contributed by atoms with Crippen LogP contribution in [0, 0.1) is 13.8 Å². The van der Waals surface area contributed by atoms with E-state index in [0.29, 0.717) is 23.7 Å². The lowest BCUT2D eigenvalue weighted by Crippen LogP contribution is -2.24. The molecule has 0 radical (unpaired) electrons. The van der Waals surface area contributed by atoms with E-state index < -0.39 is 0 Å². The van der Waals surface area contributed by atoms with E-state index in [1.165, 1.54) is 12.5 Å². The number of ether oxygens (including phenoxy) is 3. The standard InChI is InChI=1S/C31H31N3O4/c1-18-11-13-21(14-12-18)30-23-9-7-8-10-24(23)32-19(2)29(30)25-17-26(34(33-25)20(3)35)22-15-27(36-4)31(38-6)28(16-22)37-5/h7-16,26H,17H2,1-6H3/t26-/m0/s1. The van der Waals surface area contributed by atoms with Crippen molar-refractivity contribution in [2.24, 2.45) is 5.10 Å². The molecule has 0 spiro atoms. The van der Waals surface area contributed by atoms with Crippen LogP contribution < -0.4 is 14.2 Å². The number of aromatic nitrogens is 1. The summed E-state index contributed by atoms with van der Waals surface area (Å²) in [5.41, 5.74) is 7.74. The predicted octanol–water partition coefficient (Wildman–Crippen LogP) is 6.24. The molecule has 194 valence electrons. The summed E-state index contributed by atoms with van der Waals surface area (Å²) in [5, 5.41) is 7.48. The van der Waals surface area contributed by atoms with Crippen LogP contribution in [0.5, 0.6) is 17.2 Å². The maximum Gasteiger partial charge on any atom is 0.240 e. The topological polar surface area (TPSA) is 73.3 Å². The molecule has 0 saturated carbocycles. The van der Waals surface area contributed by atoms with Crippen molar-refractivity contribution in [3.05, 3.63) is 83.0 Å². The molecule has 1 aliphatic heterocycles. The largest absolute Gasteiger partial charge is 0.493 e. The number of hydrogen-bond donors (Lipinski definition) is 0. The number of amides is 1. The number of pyridine rings is 1. The molecule has 7 heteroatoms. The second-order valence-corrected chi connectivity index (χ2v) is 9.42. The van der Waals surface area contributed by atoms with Gasteiger partial charge in [0.05, 0.1) is 38.6 Å². The molecule has 2 heterocycles. The molecule has 0 fully saturated rings. The first kappa shape index (κ1) is 25.3. The monoisotopic (exact) mass is 509 g/mol. The molecule has 1 aromatic heterocycles. The van der Waals surface area contributed by atoms with Crippen molar-refractivity contribution in [2.45, 2.75) is 33.2 Å². The zero-order chi connectivity index (χ0) is 27.0. The number of nitrogens with zero attached hydrogens (tertiary/aromatic N) is 3. The SMILES string of the molecule is COc1cc([C@@H]2CC(c3c(C)nc4ccccc4c3-c3ccc(C)cc3)=NN2C(C)=O)cc(OC)c1OC. The molecule has 7 nitrogen and oxygen atoms in total. The van der Waals surface area contributed by atoms with Crippen molar-refractivity contribution >= 4 is 22.5 Å². The molecule has 1 amide bonds. The van der Waals surface area contributed by atoms with E-state index in [0.717, 1.165) is 44.6 Å². The Labute approximate surface area is 222 Å². The van der Waals surface area contributed by atoms with Gasteiger partial charge in [-0.3, -0.25) is 9.78 Å². The molecule has 0 N–H and O–H groups in total. The van der Waals surface area contributed by atoms with Gasteiger partial charge in [-0.25, -0.2) is 5.01 Å². The van der Waals surface area contributed by atoms with Crippen LogP contribution >= 0.6 is 0 Å². The highest BCUT2D eigenvalue weighted by atomic mass is 16.5. The number of hydrogen-bond acceptors (Lipinski definition) is 6. The lowest BCUT2D eigenvalue weighted by atomic mass is 9.89. The number of methoxy groups -OCH3 is 3. The number of fused-ring (bicyclic) bond motifs is 1. The number of para-hydroxylation sites is 1. The van der Waals surface area contributed by atoms with Gasteiger partial charge in [0.25, 0.3) is 0 Å². The van der Waals surface area contributed by atoms with Crippen molar-refractivity contribution in [2.75, 3.05) is 21.3 Å². The minimum atomic E-state index is -0.340. The van der Waals surface area contributed by atoms with Crippen LogP contribution in [0.3, 0.4) is 0 Å². The molecule has 0 saturated heterocycles. The molecule has 0 unspecified atom stereocenters. The Kier molecular flexibility index (Phi) is 6.76. The van der Waals surface area contributed by atoms with Crippen LogP contribution in [0.15, 0.2) is 65.8 Å². The van der Waals surface area contributed by atoms with E-state index in [9.17, 15) is 4.79 Å². The molecule has 1 atom stereocenters. The maximum atomic E-state index is 12.8. The highest BCUT2D eigenvalue weighted by Gasteiger charge is 2.35. The summed E-state index contributed by atoms with van der Waals surface area (Å²) in [6.45, 7) is 5.62. The Morgan fingerprint density at radius 1 is 0.895 bits per heavy atom. The average molecular weight is 510 g/mol. The summed E-state index contributed by atoms with van der Waals surface area (Å²) in [7, 11) is 4.73. The first-order chi connectivity index (χ1) is 18.4. The van der Waals surface area contributed by atoms with Crippen molar-refractivity contribution in [3.8, 4) is 28.4 Å². The van der Waals surface area contributed by atoms with Crippen LogP contribution in [-0.2, 0) is 4.79 Å². The number of aryl methyl sites for hydroxylation is 2. The second kappa shape index (κ2) is 10.2. The van der Waals surface area contributed by atoms with Gasteiger partial charge in [-0.1, -0.05) is 48.0 Å². The van der Waals surface area contributed by atoms with Gasteiger partial charge in [-0.2, -0.15) is 5.10 Å². The van der Waals surface area contributed by atoms with E-state index in [1.807, 2.05) is 37.3 Å². The molecular weight excluding hydrogens is 478 g/mol. The summed E-state index contributed by atoms with van der Waals surface area (Å²) >= 11 is 0. The fourth-order valence-corrected chi connectivity index (χ4v) is 5.21. The Hall–Kier alpha value is -4.39. The highest BCUT2D eigenvalue weighted by molar-refractivity contribution is 6.14. The molecule has 0 aliphatic carbocycles. The molecule has 38 heavy (non-hydrogen) atoms. The molecule has 4 aromatic rings. The van der Waals surface area contributed by atoms with Crippen molar-refractivity contribution in [1.82, 2.24) is 9.99 Å². The fraction of sp³-hybridized carbons (Fsp3) is 0.258. The van der Waals surface area contributed by atoms with Gasteiger partial charge < -0.3 is 14.2 Å². The van der Waals surface area contributed by atoms with Crippen LogP contribution in [0.25, 0.3) is 22.0 Å². The van der Waals surface area contributed by atoms with Gasteiger partial charge in [0.1, 0.15) is 0 Å². The average Bonchev–Trinajstić information content (AvgIpc) is 3.37. The molecule has 3 aromatic carbocycles. The predicted molar refractivity (Wildman–Crippen MR) is 149 cm³/mol. The molecule has 5 rings (SSSR count). The van der Waals surface area contributed by atoms with E-state index >= 15 is 0 Å². The molecular formula is C31H31N3O4. The van der Waals surface area contributed by atoms with E-state index in [-0.39, 0.29) is 11.9 Å². The Balaban J connectivity index is 1.69. The summed E-state index contributed by atoms with van der Waals surface area (Å²) in [6.07, 6.45) is 0.512. The van der Waals surface area contributed by atoms with Gasteiger partial charge >= 0.3 is 0 Å².